The number of nitrogens with zero attached hydrogens (tertiary/aromatic N) is 2. The molecule has 1 heterocycles. The SMILES string of the molecule is CC(C)CNCCc1nnc(-c2ccc(Br)c(F)c2)s1. The number of rotatable bonds is 6. The van der Waals surface area contributed by atoms with Gasteiger partial charge in [-0.15, -0.1) is 10.2 Å². The molecular weight excluding hydrogens is 341 g/mol. The van der Waals surface area contributed by atoms with Crippen molar-refractivity contribution in [3.8, 4) is 10.6 Å². The Morgan fingerprint density at radius 1 is 1.35 bits per heavy atom. The maximum atomic E-state index is 13.5. The molecule has 0 aliphatic heterocycles. The third kappa shape index (κ3) is 4.33. The maximum Gasteiger partial charge on any atom is 0.147 e. The van der Waals surface area contributed by atoms with E-state index in [4.69, 9.17) is 0 Å². The molecule has 0 aliphatic carbocycles. The van der Waals surface area contributed by atoms with Gasteiger partial charge in [0.15, 0.2) is 0 Å². The molecule has 0 saturated heterocycles. The normalized spacial score (nSPS) is 11.2. The highest BCUT2D eigenvalue weighted by Crippen LogP contribution is 2.27. The summed E-state index contributed by atoms with van der Waals surface area (Å²) in [6.07, 6.45) is 0.851. The molecule has 0 spiro atoms. The molecule has 0 unspecified atom stereocenters. The molecule has 6 heteroatoms. The van der Waals surface area contributed by atoms with Crippen LogP contribution >= 0.6 is 27.3 Å². The highest BCUT2D eigenvalue weighted by atomic mass is 79.9. The largest absolute Gasteiger partial charge is 0.316 e. The topological polar surface area (TPSA) is 37.8 Å². The minimum absolute atomic E-state index is 0.280. The Bertz CT molecular complexity index is 571. The Morgan fingerprint density at radius 2 is 2.15 bits per heavy atom. The van der Waals surface area contributed by atoms with Crippen molar-refractivity contribution in [1.82, 2.24) is 15.5 Å². The molecule has 108 valence electrons. The molecule has 0 saturated carbocycles. The van der Waals surface area contributed by atoms with E-state index in [1.165, 1.54) is 17.4 Å². The van der Waals surface area contributed by atoms with Gasteiger partial charge in [0.25, 0.3) is 0 Å². The predicted molar refractivity (Wildman–Crippen MR) is 84.4 cm³/mol. The number of hydrogen-bond acceptors (Lipinski definition) is 4. The molecule has 0 atom stereocenters. The zero-order valence-electron chi connectivity index (χ0n) is 11.5. The number of hydrogen-bond donors (Lipinski definition) is 1. The van der Waals surface area contributed by atoms with Crippen LogP contribution in [0, 0.1) is 11.7 Å². The third-order valence-electron chi connectivity index (χ3n) is 2.70. The molecule has 1 aromatic heterocycles. The highest BCUT2D eigenvalue weighted by Gasteiger charge is 2.09. The third-order valence-corrected chi connectivity index (χ3v) is 4.38. The fourth-order valence-corrected chi connectivity index (χ4v) is 2.77. The van der Waals surface area contributed by atoms with Gasteiger partial charge in [-0.25, -0.2) is 4.39 Å². The summed E-state index contributed by atoms with van der Waals surface area (Å²) in [6.45, 7) is 6.25. The van der Waals surface area contributed by atoms with Gasteiger partial charge in [0.05, 0.1) is 4.47 Å². The van der Waals surface area contributed by atoms with Crippen molar-refractivity contribution in [3.05, 3.63) is 33.5 Å². The quantitative estimate of drug-likeness (QED) is 0.796. The molecule has 0 bridgehead atoms. The summed E-state index contributed by atoms with van der Waals surface area (Å²) in [6, 6.07) is 5.01. The fourth-order valence-electron chi connectivity index (χ4n) is 1.69. The van der Waals surface area contributed by atoms with Crippen molar-refractivity contribution in [3.63, 3.8) is 0 Å². The maximum absolute atomic E-state index is 13.5. The molecule has 3 nitrogen and oxygen atoms in total. The van der Waals surface area contributed by atoms with Crippen LogP contribution in [0.3, 0.4) is 0 Å². The lowest BCUT2D eigenvalue weighted by Crippen LogP contribution is -2.22. The minimum atomic E-state index is -0.280. The predicted octanol–water partition coefficient (Wildman–Crippen LogP) is 3.89. The van der Waals surface area contributed by atoms with Gasteiger partial charge < -0.3 is 5.32 Å². The summed E-state index contributed by atoms with van der Waals surface area (Å²) < 4.78 is 14.0. The first-order valence-electron chi connectivity index (χ1n) is 6.55. The second kappa shape index (κ2) is 7.24. The highest BCUT2D eigenvalue weighted by molar-refractivity contribution is 9.10. The van der Waals surface area contributed by atoms with Gasteiger partial charge >= 0.3 is 0 Å². The molecule has 1 aromatic carbocycles. The summed E-state index contributed by atoms with van der Waals surface area (Å²) in [5.74, 6) is 0.364. The zero-order valence-corrected chi connectivity index (χ0v) is 13.9. The van der Waals surface area contributed by atoms with Crippen molar-refractivity contribution in [1.29, 1.82) is 0 Å². The number of nitrogens with one attached hydrogen (secondary N) is 1. The van der Waals surface area contributed by atoms with Crippen LogP contribution in [0.5, 0.6) is 0 Å². The van der Waals surface area contributed by atoms with Gasteiger partial charge in [0, 0.05) is 18.5 Å². The molecule has 0 amide bonds. The Labute approximate surface area is 130 Å². The van der Waals surface area contributed by atoms with Crippen LogP contribution in [-0.4, -0.2) is 23.3 Å². The van der Waals surface area contributed by atoms with Crippen LogP contribution in [0.15, 0.2) is 22.7 Å². The number of aromatic nitrogens is 2. The van der Waals surface area contributed by atoms with Crippen molar-refractivity contribution >= 4 is 27.3 Å². The lowest BCUT2D eigenvalue weighted by Gasteiger charge is -2.05. The van der Waals surface area contributed by atoms with Crippen molar-refractivity contribution < 1.29 is 4.39 Å². The van der Waals surface area contributed by atoms with E-state index in [0.29, 0.717) is 10.4 Å². The number of benzene rings is 1. The molecule has 2 rings (SSSR count). The van der Waals surface area contributed by atoms with Crippen molar-refractivity contribution in [2.75, 3.05) is 13.1 Å². The van der Waals surface area contributed by atoms with Crippen LogP contribution in [0.25, 0.3) is 10.6 Å². The minimum Gasteiger partial charge on any atom is -0.316 e. The molecule has 20 heavy (non-hydrogen) atoms. The van der Waals surface area contributed by atoms with E-state index >= 15 is 0 Å². The van der Waals surface area contributed by atoms with Gasteiger partial charge in [-0.05, 0) is 40.5 Å². The molecule has 1 N–H and O–H groups in total. The summed E-state index contributed by atoms with van der Waals surface area (Å²) in [7, 11) is 0. The Hall–Kier alpha value is -0.850. The van der Waals surface area contributed by atoms with Crippen LogP contribution < -0.4 is 5.32 Å². The second-order valence-corrected chi connectivity index (χ2v) is 6.89. The molecule has 0 fully saturated rings. The summed E-state index contributed by atoms with van der Waals surface area (Å²) in [4.78, 5) is 0. The monoisotopic (exact) mass is 357 g/mol. The van der Waals surface area contributed by atoms with E-state index in [2.05, 4.69) is 45.3 Å². The standard InChI is InChI=1S/C14H17BrFN3S/c1-9(2)8-17-6-5-13-18-19-14(20-13)10-3-4-11(15)12(16)7-10/h3-4,7,9,17H,5-6,8H2,1-2H3. The Morgan fingerprint density at radius 3 is 2.85 bits per heavy atom. The smallest absolute Gasteiger partial charge is 0.147 e. The summed E-state index contributed by atoms with van der Waals surface area (Å²) in [5, 5.41) is 13.4. The summed E-state index contributed by atoms with van der Waals surface area (Å²) >= 11 is 4.66. The van der Waals surface area contributed by atoms with Gasteiger partial charge in [-0.1, -0.05) is 31.3 Å². The van der Waals surface area contributed by atoms with Crippen LogP contribution in [0.2, 0.25) is 0 Å². The molecular formula is C14H17BrFN3S. The number of halogens is 2. The first kappa shape index (κ1) is 15.5. The average Bonchev–Trinajstić information content (AvgIpc) is 2.86. The van der Waals surface area contributed by atoms with Gasteiger partial charge in [-0.2, -0.15) is 0 Å². The zero-order chi connectivity index (χ0) is 14.5. The average molecular weight is 358 g/mol. The fraction of sp³-hybridized carbons (Fsp3) is 0.429. The van der Waals surface area contributed by atoms with Gasteiger partial charge in [0.1, 0.15) is 15.8 Å². The van der Waals surface area contributed by atoms with Crippen LogP contribution in [0.1, 0.15) is 18.9 Å². The first-order chi connectivity index (χ1) is 9.56. The summed E-state index contributed by atoms with van der Waals surface area (Å²) in [5.41, 5.74) is 0.768. The van der Waals surface area contributed by atoms with E-state index in [1.807, 2.05) is 6.07 Å². The van der Waals surface area contributed by atoms with E-state index in [-0.39, 0.29) is 5.82 Å². The Balaban J connectivity index is 1.96. The molecule has 0 radical (unpaired) electrons. The van der Waals surface area contributed by atoms with Crippen molar-refractivity contribution in [2.24, 2.45) is 5.92 Å². The van der Waals surface area contributed by atoms with Gasteiger partial charge in [0.2, 0.25) is 0 Å². The van der Waals surface area contributed by atoms with Crippen LogP contribution in [-0.2, 0) is 6.42 Å². The van der Waals surface area contributed by atoms with E-state index in [1.54, 1.807) is 6.07 Å². The molecule has 2 aromatic rings. The lowest BCUT2D eigenvalue weighted by atomic mass is 10.2. The first-order valence-corrected chi connectivity index (χ1v) is 8.15. The molecule has 0 aliphatic rings. The Kier molecular flexibility index (Phi) is 5.63. The van der Waals surface area contributed by atoms with E-state index in [0.717, 1.165) is 35.1 Å². The van der Waals surface area contributed by atoms with Gasteiger partial charge in [-0.3, -0.25) is 0 Å². The van der Waals surface area contributed by atoms with E-state index < -0.39 is 0 Å². The van der Waals surface area contributed by atoms with Crippen molar-refractivity contribution in [2.45, 2.75) is 20.3 Å². The lowest BCUT2D eigenvalue weighted by molar-refractivity contribution is 0.553. The second-order valence-electron chi connectivity index (χ2n) is 4.98. The van der Waals surface area contributed by atoms with E-state index in [9.17, 15) is 4.39 Å². The van der Waals surface area contributed by atoms with Crippen LogP contribution in [0.4, 0.5) is 4.39 Å².